The molecule has 8 heteroatoms. The van der Waals surface area contributed by atoms with Gasteiger partial charge in [-0.3, -0.25) is 5.41 Å². The molecule has 0 spiro atoms. The highest BCUT2D eigenvalue weighted by Gasteiger charge is 2.01. The third-order valence-electron chi connectivity index (χ3n) is 1.89. The van der Waals surface area contributed by atoms with Gasteiger partial charge in [0.25, 0.3) is 0 Å². The zero-order valence-corrected chi connectivity index (χ0v) is 11.0. The zero-order valence-electron chi connectivity index (χ0n) is 9.35. The molecular weight excluding hydrogens is 260 g/mol. The van der Waals surface area contributed by atoms with Crippen molar-refractivity contribution in [2.45, 2.75) is 25.7 Å². The Morgan fingerprint density at radius 2 is 2.06 bits per heavy atom. The van der Waals surface area contributed by atoms with Crippen molar-refractivity contribution in [3.8, 4) is 0 Å². The van der Waals surface area contributed by atoms with E-state index >= 15 is 0 Å². The van der Waals surface area contributed by atoms with E-state index in [2.05, 4.69) is 9.98 Å². The first-order valence-electron chi connectivity index (χ1n) is 4.95. The number of amidine groups is 1. The second-order valence-electron chi connectivity index (χ2n) is 3.39. The van der Waals surface area contributed by atoms with Crippen molar-refractivity contribution >= 4 is 40.7 Å². The molecule has 0 atom stereocenters. The van der Waals surface area contributed by atoms with Gasteiger partial charge in [0.15, 0.2) is 5.96 Å². The lowest BCUT2D eigenvalue weighted by Gasteiger charge is -1.97. The van der Waals surface area contributed by atoms with E-state index in [9.17, 15) is 0 Å². The zero-order chi connectivity index (χ0) is 12.0. The van der Waals surface area contributed by atoms with Crippen LogP contribution in [0.2, 0.25) is 0 Å². The van der Waals surface area contributed by atoms with Crippen LogP contribution in [0.4, 0.5) is 5.13 Å². The number of guanidine groups is 1. The number of halogens is 1. The lowest BCUT2D eigenvalue weighted by molar-refractivity contribution is 0.747. The number of unbranched alkanes of at least 4 members (excludes halogenated alkanes) is 1. The number of hydrogen-bond donors (Lipinski definition) is 4. The lowest BCUT2D eigenvalue weighted by Crippen LogP contribution is -2.21. The first-order chi connectivity index (χ1) is 7.58. The van der Waals surface area contributed by atoms with Crippen molar-refractivity contribution in [2.24, 2.45) is 22.2 Å². The summed E-state index contributed by atoms with van der Waals surface area (Å²) < 4.78 is 0. The van der Waals surface area contributed by atoms with Gasteiger partial charge in [0.2, 0.25) is 5.13 Å². The largest absolute Gasteiger partial charge is 0.388 e. The summed E-state index contributed by atoms with van der Waals surface area (Å²) in [4.78, 5) is 8.12. The minimum absolute atomic E-state index is 0. The third-order valence-corrected chi connectivity index (χ3v) is 2.68. The molecule has 0 aliphatic carbocycles. The first-order valence-corrected chi connectivity index (χ1v) is 5.83. The molecule has 0 aromatic carbocycles. The second kappa shape index (κ2) is 7.86. The molecule has 0 aliphatic heterocycles. The van der Waals surface area contributed by atoms with Crippen molar-refractivity contribution in [3.63, 3.8) is 0 Å². The van der Waals surface area contributed by atoms with Crippen molar-refractivity contribution < 1.29 is 0 Å². The van der Waals surface area contributed by atoms with Crippen LogP contribution in [0.5, 0.6) is 0 Å². The number of nitrogens with one attached hydrogen (secondary N) is 1. The predicted octanol–water partition coefficient (Wildman–Crippen LogP) is 1.12. The quantitative estimate of drug-likeness (QED) is 0.353. The number of thiazole rings is 1. The molecule has 1 heterocycles. The summed E-state index contributed by atoms with van der Waals surface area (Å²) in [5, 5.41) is 9.60. The average molecular weight is 277 g/mol. The predicted molar refractivity (Wildman–Crippen MR) is 74.3 cm³/mol. The second-order valence-corrected chi connectivity index (χ2v) is 4.23. The molecule has 96 valence electrons. The van der Waals surface area contributed by atoms with E-state index in [0.717, 1.165) is 25.0 Å². The SMILES string of the molecule is Cl.N=C(N)CCCCc1csc(N=C(N)N)n1. The van der Waals surface area contributed by atoms with E-state index in [1.807, 2.05) is 5.38 Å². The number of aliphatic imine (C=N–C) groups is 1. The normalized spacial score (nSPS) is 9.41. The molecule has 17 heavy (non-hydrogen) atoms. The molecule has 6 nitrogen and oxygen atoms in total. The van der Waals surface area contributed by atoms with E-state index in [4.69, 9.17) is 22.6 Å². The van der Waals surface area contributed by atoms with E-state index in [-0.39, 0.29) is 24.2 Å². The van der Waals surface area contributed by atoms with Crippen molar-refractivity contribution in [1.82, 2.24) is 4.98 Å². The maximum absolute atomic E-state index is 7.08. The summed E-state index contributed by atoms with van der Waals surface area (Å²) in [5.74, 6) is 0.261. The summed E-state index contributed by atoms with van der Waals surface area (Å²) in [5.41, 5.74) is 16.7. The third kappa shape index (κ3) is 6.75. The fourth-order valence-electron chi connectivity index (χ4n) is 1.19. The highest BCUT2D eigenvalue weighted by molar-refractivity contribution is 7.13. The number of aryl methyl sites for hydroxylation is 1. The Bertz CT molecular complexity index is 385. The van der Waals surface area contributed by atoms with Crippen LogP contribution in [0.15, 0.2) is 10.4 Å². The van der Waals surface area contributed by atoms with Crippen LogP contribution in [0, 0.1) is 5.41 Å². The molecule has 0 radical (unpaired) electrons. The summed E-state index contributed by atoms with van der Waals surface area (Å²) in [6.45, 7) is 0. The van der Waals surface area contributed by atoms with Crippen molar-refractivity contribution in [2.75, 3.05) is 0 Å². The van der Waals surface area contributed by atoms with E-state index in [1.54, 1.807) is 0 Å². The Morgan fingerprint density at radius 3 is 2.65 bits per heavy atom. The molecule has 0 saturated carbocycles. The van der Waals surface area contributed by atoms with Crippen LogP contribution >= 0.6 is 23.7 Å². The molecule has 0 unspecified atom stereocenters. The number of aromatic nitrogens is 1. The topological polar surface area (TPSA) is 127 Å². The van der Waals surface area contributed by atoms with Crippen molar-refractivity contribution in [3.05, 3.63) is 11.1 Å². The molecule has 0 saturated heterocycles. The molecule has 0 fully saturated rings. The number of hydrogen-bond acceptors (Lipinski definition) is 4. The van der Waals surface area contributed by atoms with E-state index in [1.165, 1.54) is 11.3 Å². The van der Waals surface area contributed by atoms with Crippen LogP contribution < -0.4 is 17.2 Å². The molecule has 1 aromatic heterocycles. The molecule has 1 rings (SSSR count). The van der Waals surface area contributed by atoms with Gasteiger partial charge >= 0.3 is 0 Å². The van der Waals surface area contributed by atoms with E-state index in [0.29, 0.717) is 11.6 Å². The Kier molecular flexibility index (Phi) is 7.24. The molecule has 0 amide bonds. The van der Waals surface area contributed by atoms with Crippen LogP contribution in [0.1, 0.15) is 25.0 Å². The van der Waals surface area contributed by atoms with E-state index < -0.39 is 0 Å². The van der Waals surface area contributed by atoms with Crippen LogP contribution in [-0.4, -0.2) is 16.8 Å². The fourth-order valence-corrected chi connectivity index (χ4v) is 1.93. The Hall–Kier alpha value is -1.34. The van der Waals surface area contributed by atoms with Gasteiger partial charge in [0, 0.05) is 11.8 Å². The minimum Gasteiger partial charge on any atom is -0.388 e. The highest BCUT2D eigenvalue weighted by Crippen LogP contribution is 2.19. The summed E-state index contributed by atoms with van der Waals surface area (Å²) in [7, 11) is 0. The molecule has 0 bridgehead atoms. The summed E-state index contributed by atoms with van der Waals surface area (Å²) in [6, 6.07) is 0. The van der Waals surface area contributed by atoms with Crippen LogP contribution in [-0.2, 0) is 6.42 Å². The maximum Gasteiger partial charge on any atom is 0.212 e. The van der Waals surface area contributed by atoms with Crippen LogP contribution in [0.25, 0.3) is 0 Å². The number of nitrogens with two attached hydrogens (primary N) is 3. The molecular formula is C9H17ClN6S. The maximum atomic E-state index is 7.08. The summed E-state index contributed by atoms with van der Waals surface area (Å²) in [6.07, 6.45) is 3.38. The van der Waals surface area contributed by atoms with Gasteiger partial charge in [-0.25, -0.2) is 4.98 Å². The lowest BCUT2D eigenvalue weighted by atomic mass is 10.1. The smallest absolute Gasteiger partial charge is 0.212 e. The van der Waals surface area contributed by atoms with Gasteiger partial charge in [-0.1, -0.05) is 0 Å². The monoisotopic (exact) mass is 276 g/mol. The van der Waals surface area contributed by atoms with Crippen LogP contribution in [0.3, 0.4) is 0 Å². The Morgan fingerprint density at radius 1 is 1.35 bits per heavy atom. The Balaban J connectivity index is 0.00000256. The molecule has 0 aliphatic rings. The van der Waals surface area contributed by atoms with Gasteiger partial charge in [-0.05, 0) is 19.3 Å². The minimum atomic E-state index is 0. The van der Waals surface area contributed by atoms with Gasteiger partial charge in [-0.15, -0.1) is 23.7 Å². The van der Waals surface area contributed by atoms with Gasteiger partial charge < -0.3 is 17.2 Å². The number of nitrogens with zero attached hydrogens (tertiary/aromatic N) is 2. The average Bonchev–Trinajstić information content (AvgIpc) is 2.59. The summed E-state index contributed by atoms with van der Waals surface area (Å²) >= 11 is 1.42. The van der Waals surface area contributed by atoms with Crippen molar-refractivity contribution in [1.29, 1.82) is 5.41 Å². The first kappa shape index (κ1) is 15.7. The van der Waals surface area contributed by atoms with Gasteiger partial charge in [-0.2, -0.15) is 4.99 Å². The van der Waals surface area contributed by atoms with Gasteiger partial charge in [0.05, 0.1) is 11.5 Å². The number of rotatable bonds is 6. The molecule has 1 aromatic rings. The highest BCUT2D eigenvalue weighted by atomic mass is 35.5. The Labute approximate surface area is 110 Å². The molecule has 7 N–H and O–H groups in total. The fraction of sp³-hybridized carbons (Fsp3) is 0.444. The standard InChI is InChI=1S/C9H16N6S.ClH/c10-7(11)4-2-1-3-6-5-16-9(14-6)15-8(12)13;/h5H,1-4H2,(H3,10,11)(H4,12,13,14,15);1H. The van der Waals surface area contributed by atoms with Gasteiger partial charge in [0.1, 0.15) is 0 Å².